The zero-order valence-electron chi connectivity index (χ0n) is 16.2. The van der Waals surface area contributed by atoms with Crippen molar-refractivity contribution in [3.8, 4) is 5.75 Å². The summed E-state index contributed by atoms with van der Waals surface area (Å²) in [6, 6.07) is 23.5. The molecule has 0 N–H and O–H groups in total. The normalized spacial score (nSPS) is 28.2. The molecule has 2 bridgehead atoms. The number of methoxy groups -OCH3 is 1. The first kappa shape index (κ1) is 17.9. The van der Waals surface area contributed by atoms with Gasteiger partial charge in [0.1, 0.15) is 5.75 Å². The van der Waals surface area contributed by atoms with Gasteiger partial charge in [-0.3, -0.25) is 9.59 Å². The van der Waals surface area contributed by atoms with Gasteiger partial charge < -0.3 is 4.74 Å². The van der Waals surface area contributed by atoms with Crippen LogP contribution in [0.5, 0.6) is 5.75 Å². The molecule has 0 unspecified atom stereocenters. The third-order valence-electron chi connectivity index (χ3n) is 6.83. The van der Waals surface area contributed by atoms with Crippen LogP contribution in [0.4, 0.5) is 5.69 Å². The zero-order chi connectivity index (χ0) is 20.6. The quantitative estimate of drug-likeness (QED) is 0.415. The summed E-state index contributed by atoms with van der Waals surface area (Å²) in [6.07, 6.45) is 0. The largest absolute Gasteiger partial charge is 0.497 e. The standard InChI is InChI=1S/C25H18BrNO3/c1-30-15-8-6-7-14(13-15)27-23(28)21-20-16-9-2-4-11-18(16)25(26,22(21)24(27)29)19-12-5-3-10-17(19)20/h2-13,20-22H,1H3/t20?,21-,22-,25?/m1/s1. The highest BCUT2D eigenvalue weighted by molar-refractivity contribution is 9.09. The molecule has 0 spiro atoms. The minimum atomic E-state index is -0.722. The van der Waals surface area contributed by atoms with Crippen molar-refractivity contribution in [1.29, 1.82) is 0 Å². The van der Waals surface area contributed by atoms with Gasteiger partial charge in [-0.2, -0.15) is 0 Å². The van der Waals surface area contributed by atoms with Crippen molar-refractivity contribution in [2.24, 2.45) is 11.8 Å². The lowest BCUT2D eigenvalue weighted by molar-refractivity contribution is -0.122. The number of anilines is 1. The second kappa shape index (κ2) is 6.05. The van der Waals surface area contributed by atoms with E-state index in [1.54, 1.807) is 25.3 Å². The van der Waals surface area contributed by atoms with Crippen LogP contribution in [0.3, 0.4) is 0 Å². The van der Waals surface area contributed by atoms with Gasteiger partial charge in [-0.1, -0.05) is 70.5 Å². The molecular weight excluding hydrogens is 442 g/mol. The first-order valence-electron chi connectivity index (χ1n) is 9.97. The molecule has 1 saturated heterocycles. The molecule has 5 heteroatoms. The fourth-order valence-corrected chi connectivity index (χ4v) is 6.89. The summed E-state index contributed by atoms with van der Waals surface area (Å²) < 4.78 is 4.60. The molecule has 0 saturated carbocycles. The number of benzene rings is 3. The van der Waals surface area contributed by atoms with E-state index in [2.05, 4.69) is 40.2 Å². The third kappa shape index (κ3) is 2.01. The molecule has 3 aliphatic carbocycles. The second-order valence-electron chi connectivity index (χ2n) is 8.08. The van der Waals surface area contributed by atoms with Crippen LogP contribution >= 0.6 is 15.9 Å². The fourth-order valence-electron chi connectivity index (χ4n) is 5.68. The first-order chi connectivity index (χ1) is 14.6. The Labute approximate surface area is 182 Å². The van der Waals surface area contributed by atoms with Crippen molar-refractivity contribution < 1.29 is 14.3 Å². The molecule has 3 aromatic carbocycles. The summed E-state index contributed by atoms with van der Waals surface area (Å²) in [6.45, 7) is 0. The minimum Gasteiger partial charge on any atom is -0.497 e. The summed E-state index contributed by atoms with van der Waals surface area (Å²) in [5, 5.41) is 0. The Hall–Kier alpha value is -2.92. The van der Waals surface area contributed by atoms with Crippen molar-refractivity contribution in [3.63, 3.8) is 0 Å². The Morgan fingerprint density at radius 1 is 0.867 bits per heavy atom. The lowest BCUT2D eigenvalue weighted by Gasteiger charge is -2.51. The average Bonchev–Trinajstić information content (AvgIpc) is 3.06. The van der Waals surface area contributed by atoms with E-state index in [1.807, 2.05) is 30.3 Å². The van der Waals surface area contributed by atoms with Gasteiger partial charge in [-0.05, 0) is 34.4 Å². The van der Waals surface area contributed by atoms with E-state index in [-0.39, 0.29) is 17.7 Å². The number of amides is 2. The number of halogens is 1. The summed E-state index contributed by atoms with van der Waals surface area (Å²) >= 11 is 4.01. The third-order valence-corrected chi connectivity index (χ3v) is 8.17. The van der Waals surface area contributed by atoms with Gasteiger partial charge in [-0.15, -0.1) is 0 Å². The number of hydrogen-bond acceptors (Lipinski definition) is 3. The Kier molecular flexibility index (Phi) is 3.61. The van der Waals surface area contributed by atoms with E-state index in [0.717, 1.165) is 22.3 Å². The maximum atomic E-state index is 13.8. The van der Waals surface area contributed by atoms with Crippen LogP contribution in [0, 0.1) is 11.8 Å². The monoisotopic (exact) mass is 459 g/mol. The Morgan fingerprint density at radius 3 is 2.13 bits per heavy atom. The highest BCUT2D eigenvalue weighted by Gasteiger charge is 2.67. The summed E-state index contributed by atoms with van der Waals surface area (Å²) in [5.41, 5.74) is 4.99. The van der Waals surface area contributed by atoms with Crippen LogP contribution < -0.4 is 9.64 Å². The van der Waals surface area contributed by atoms with Crippen LogP contribution in [0.25, 0.3) is 0 Å². The molecule has 1 fully saturated rings. The van der Waals surface area contributed by atoms with Crippen LogP contribution in [0.1, 0.15) is 28.2 Å². The van der Waals surface area contributed by atoms with Crippen LogP contribution in [-0.4, -0.2) is 18.9 Å². The second-order valence-corrected chi connectivity index (χ2v) is 9.33. The predicted octanol–water partition coefficient (Wildman–Crippen LogP) is 4.60. The summed E-state index contributed by atoms with van der Waals surface area (Å²) in [4.78, 5) is 28.9. The van der Waals surface area contributed by atoms with Gasteiger partial charge in [-0.25, -0.2) is 4.90 Å². The molecule has 4 aliphatic rings. The Balaban J connectivity index is 1.60. The van der Waals surface area contributed by atoms with Crippen molar-refractivity contribution >= 4 is 33.4 Å². The lowest BCUT2D eigenvalue weighted by atomic mass is 9.55. The molecule has 1 heterocycles. The van der Waals surface area contributed by atoms with Gasteiger partial charge in [0.2, 0.25) is 11.8 Å². The van der Waals surface area contributed by atoms with E-state index in [0.29, 0.717) is 11.4 Å². The van der Waals surface area contributed by atoms with Gasteiger partial charge in [0.15, 0.2) is 0 Å². The number of hydrogen-bond donors (Lipinski definition) is 0. The summed E-state index contributed by atoms with van der Waals surface area (Å²) in [5.74, 6) is -0.751. The van der Waals surface area contributed by atoms with Gasteiger partial charge in [0, 0.05) is 12.0 Å². The Bertz CT molecular complexity index is 1190. The minimum absolute atomic E-state index is 0.131. The van der Waals surface area contributed by atoms with Crippen molar-refractivity contribution in [1.82, 2.24) is 0 Å². The molecule has 0 aromatic heterocycles. The van der Waals surface area contributed by atoms with E-state index in [1.165, 1.54) is 4.90 Å². The fraction of sp³-hybridized carbons (Fsp3) is 0.200. The number of carbonyl (C=O) groups excluding carboxylic acids is 2. The van der Waals surface area contributed by atoms with Crippen molar-refractivity contribution in [2.45, 2.75) is 10.2 Å². The molecule has 7 rings (SSSR count). The highest BCUT2D eigenvalue weighted by atomic mass is 79.9. The molecule has 4 nitrogen and oxygen atoms in total. The zero-order valence-corrected chi connectivity index (χ0v) is 17.8. The molecular formula is C25H18BrNO3. The molecule has 3 aromatic rings. The van der Waals surface area contributed by atoms with Crippen LogP contribution in [0.2, 0.25) is 0 Å². The number of imide groups is 1. The average molecular weight is 460 g/mol. The SMILES string of the molecule is COc1cccc(N2C(=O)[C@@H]3C4c5ccccc5C(Br)(c5ccccc54)[C@H]3C2=O)c1. The lowest BCUT2D eigenvalue weighted by Crippen LogP contribution is -2.50. The van der Waals surface area contributed by atoms with E-state index >= 15 is 0 Å². The van der Waals surface area contributed by atoms with Crippen LogP contribution in [0.15, 0.2) is 72.8 Å². The van der Waals surface area contributed by atoms with Gasteiger partial charge in [0.05, 0.1) is 29.0 Å². The van der Waals surface area contributed by atoms with Crippen molar-refractivity contribution in [2.75, 3.05) is 12.0 Å². The van der Waals surface area contributed by atoms with Gasteiger partial charge >= 0.3 is 0 Å². The van der Waals surface area contributed by atoms with Gasteiger partial charge in [0.25, 0.3) is 0 Å². The number of ether oxygens (including phenoxy) is 1. The van der Waals surface area contributed by atoms with E-state index in [9.17, 15) is 9.59 Å². The highest BCUT2D eigenvalue weighted by Crippen LogP contribution is 2.66. The molecule has 2 atom stereocenters. The van der Waals surface area contributed by atoms with Crippen LogP contribution in [-0.2, 0) is 13.9 Å². The van der Waals surface area contributed by atoms with Crippen molar-refractivity contribution in [3.05, 3.63) is 95.1 Å². The molecule has 30 heavy (non-hydrogen) atoms. The maximum Gasteiger partial charge on any atom is 0.239 e. The Morgan fingerprint density at radius 2 is 1.50 bits per heavy atom. The maximum absolute atomic E-state index is 13.8. The topological polar surface area (TPSA) is 46.6 Å². The summed E-state index contributed by atoms with van der Waals surface area (Å²) in [7, 11) is 1.58. The van der Waals surface area contributed by atoms with E-state index < -0.39 is 16.2 Å². The number of rotatable bonds is 2. The smallest absolute Gasteiger partial charge is 0.239 e. The number of alkyl halides is 1. The molecule has 148 valence electrons. The van der Waals surface area contributed by atoms with E-state index in [4.69, 9.17) is 4.74 Å². The number of nitrogens with zero attached hydrogens (tertiary/aromatic N) is 1. The number of carbonyl (C=O) groups is 2. The predicted molar refractivity (Wildman–Crippen MR) is 117 cm³/mol. The molecule has 2 amide bonds. The molecule has 1 aliphatic heterocycles. The first-order valence-corrected chi connectivity index (χ1v) is 10.8. The molecule has 0 radical (unpaired) electrons.